The number of carbonyl (C=O) groups excluding carboxylic acids is 1. The first-order valence-corrected chi connectivity index (χ1v) is 4.04. The maximum Gasteiger partial charge on any atom is 0.354 e. The molecule has 1 aromatic heterocycles. The van der Waals surface area contributed by atoms with Crippen molar-refractivity contribution in [3.05, 3.63) is 35.7 Å². The van der Waals surface area contributed by atoms with Crippen LogP contribution in [-0.2, 0) is 4.79 Å². The average Bonchev–Trinajstić information content (AvgIpc) is 2.19. The number of carbonyl (C=O) groups is 2. The van der Waals surface area contributed by atoms with E-state index in [1.165, 1.54) is 6.07 Å². The van der Waals surface area contributed by atoms with Crippen molar-refractivity contribution in [3.63, 3.8) is 0 Å². The molecule has 0 aliphatic rings. The van der Waals surface area contributed by atoms with E-state index in [0.29, 0.717) is 12.1 Å². The van der Waals surface area contributed by atoms with Crippen LogP contribution in [0.25, 0.3) is 6.08 Å². The van der Waals surface area contributed by atoms with Gasteiger partial charge in [0.15, 0.2) is 0 Å². The number of allylic oxidation sites excluding steroid dienone is 1. The summed E-state index contributed by atoms with van der Waals surface area (Å²) >= 11 is 0. The Hall–Kier alpha value is -1.97. The van der Waals surface area contributed by atoms with Gasteiger partial charge in [0.05, 0.1) is 5.69 Å². The minimum atomic E-state index is -1.06. The molecule has 1 rings (SSSR count). The van der Waals surface area contributed by atoms with Crippen molar-refractivity contribution in [2.45, 2.75) is 6.42 Å². The van der Waals surface area contributed by atoms with Gasteiger partial charge in [-0.1, -0.05) is 12.1 Å². The quantitative estimate of drug-likeness (QED) is 0.730. The van der Waals surface area contributed by atoms with E-state index in [1.807, 2.05) is 0 Å². The van der Waals surface area contributed by atoms with Crippen molar-refractivity contribution in [2.24, 2.45) is 0 Å². The number of aromatic carboxylic acids is 1. The summed E-state index contributed by atoms with van der Waals surface area (Å²) in [5.74, 6) is -1.06. The van der Waals surface area contributed by atoms with Crippen LogP contribution in [0.3, 0.4) is 0 Å². The fourth-order valence-electron chi connectivity index (χ4n) is 0.908. The molecule has 0 radical (unpaired) electrons. The molecule has 0 amide bonds. The Bertz CT molecular complexity index is 371. The highest BCUT2D eigenvalue weighted by molar-refractivity contribution is 5.85. The molecular formula is C10H9NO3. The van der Waals surface area contributed by atoms with Gasteiger partial charge in [-0.05, 0) is 18.2 Å². The molecule has 4 nitrogen and oxygen atoms in total. The third kappa shape index (κ3) is 2.82. The first kappa shape index (κ1) is 10.1. The Kier molecular flexibility index (Phi) is 3.55. The van der Waals surface area contributed by atoms with E-state index in [-0.39, 0.29) is 5.69 Å². The lowest BCUT2D eigenvalue weighted by Crippen LogP contribution is -2.00. The van der Waals surface area contributed by atoms with Crippen molar-refractivity contribution in [1.29, 1.82) is 0 Å². The molecule has 1 aromatic rings. The molecule has 0 spiro atoms. The molecule has 0 saturated heterocycles. The van der Waals surface area contributed by atoms with Crippen molar-refractivity contribution in [3.8, 4) is 0 Å². The van der Waals surface area contributed by atoms with E-state index in [1.54, 1.807) is 24.3 Å². The first-order chi connectivity index (χ1) is 6.74. The minimum absolute atomic E-state index is 0.00162. The second-order valence-corrected chi connectivity index (χ2v) is 2.56. The summed E-state index contributed by atoms with van der Waals surface area (Å²) < 4.78 is 0. The zero-order chi connectivity index (χ0) is 10.4. The Labute approximate surface area is 80.9 Å². The lowest BCUT2D eigenvalue weighted by Gasteiger charge is -1.94. The van der Waals surface area contributed by atoms with Crippen LogP contribution in [-0.4, -0.2) is 22.3 Å². The zero-order valence-electron chi connectivity index (χ0n) is 7.38. The van der Waals surface area contributed by atoms with Gasteiger partial charge in [-0.3, -0.25) is 0 Å². The second-order valence-electron chi connectivity index (χ2n) is 2.56. The fourth-order valence-corrected chi connectivity index (χ4v) is 0.908. The lowest BCUT2D eigenvalue weighted by atomic mass is 10.2. The number of pyridine rings is 1. The number of hydrogen-bond acceptors (Lipinski definition) is 3. The third-order valence-corrected chi connectivity index (χ3v) is 1.51. The summed E-state index contributed by atoms with van der Waals surface area (Å²) in [6, 6.07) is 4.70. The van der Waals surface area contributed by atoms with E-state index >= 15 is 0 Å². The van der Waals surface area contributed by atoms with Crippen molar-refractivity contribution >= 4 is 18.3 Å². The van der Waals surface area contributed by atoms with Crippen LogP contribution in [0.15, 0.2) is 24.3 Å². The van der Waals surface area contributed by atoms with Crippen LogP contribution in [0.4, 0.5) is 0 Å². The van der Waals surface area contributed by atoms with Crippen LogP contribution in [0.2, 0.25) is 0 Å². The standard InChI is InChI=1S/C10H9NO3/c12-7-2-1-4-8-5-3-6-9(11-8)10(13)14/h1,3-7H,2H2,(H,13,14). The van der Waals surface area contributed by atoms with E-state index < -0.39 is 5.97 Å². The summed E-state index contributed by atoms with van der Waals surface area (Å²) in [5.41, 5.74) is 0.532. The Balaban J connectivity index is 2.83. The molecule has 0 fully saturated rings. The van der Waals surface area contributed by atoms with Gasteiger partial charge in [0.2, 0.25) is 0 Å². The van der Waals surface area contributed by atoms with Gasteiger partial charge in [-0.25, -0.2) is 9.78 Å². The van der Waals surface area contributed by atoms with Crippen molar-refractivity contribution in [2.75, 3.05) is 0 Å². The van der Waals surface area contributed by atoms with Gasteiger partial charge >= 0.3 is 5.97 Å². The smallest absolute Gasteiger partial charge is 0.354 e. The highest BCUT2D eigenvalue weighted by atomic mass is 16.4. The van der Waals surface area contributed by atoms with Crippen LogP contribution in [0.1, 0.15) is 22.6 Å². The number of hydrogen-bond donors (Lipinski definition) is 1. The Morgan fingerprint density at radius 2 is 2.29 bits per heavy atom. The SMILES string of the molecule is O=CCC=Cc1cccc(C(=O)O)n1. The zero-order valence-corrected chi connectivity index (χ0v) is 7.38. The third-order valence-electron chi connectivity index (χ3n) is 1.51. The van der Waals surface area contributed by atoms with E-state index in [0.717, 1.165) is 6.29 Å². The maximum absolute atomic E-state index is 10.5. The number of carboxylic acids is 1. The molecule has 0 atom stereocenters. The maximum atomic E-state index is 10.5. The van der Waals surface area contributed by atoms with Gasteiger partial charge in [-0.2, -0.15) is 0 Å². The van der Waals surface area contributed by atoms with E-state index in [4.69, 9.17) is 5.11 Å². The number of rotatable bonds is 4. The van der Waals surface area contributed by atoms with Gasteiger partial charge in [0, 0.05) is 6.42 Å². The molecule has 0 unspecified atom stereocenters. The molecule has 1 N–H and O–H groups in total. The Morgan fingerprint density at radius 1 is 1.50 bits per heavy atom. The largest absolute Gasteiger partial charge is 0.477 e. The van der Waals surface area contributed by atoms with Crippen LogP contribution in [0.5, 0.6) is 0 Å². The Morgan fingerprint density at radius 3 is 2.93 bits per heavy atom. The van der Waals surface area contributed by atoms with Gasteiger partial charge in [0.1, 0.15) is 12.0 Å². The number of aromatic nitrogens is 1. The van der Waals surface area contributed by atoms with E-state index in [9.17, 15) is 9.59 Å². The summed E-state index contributed by atoms with van der Waals surface area (Å²) in [7, 11) is 0. The number of aldehydes is 1. The average molecular weight is 191 g/mol. The second kappa shape index (κ2) is 4.91. The normalized spacial score (nSPS) is 10.3. The van der Waals surface area contributed by atoms with Crippen molar-refractivity contribution < 1.29 is 14.7 Å². The summed E-state index contributed by atoms with van der Waals surface area (Å²) in [5, 5.41) is 8.64. The molecule has 0 bridgehead atoms. The molecule has 1 heterocycles. The molecule has 4 heteroatoms. The molecule has 0 aliphatic heterocycles. The van der Waals surface area contributed by atoms with E-state index in [2.05, 4.69) is 4.98 Å². The minimum Gasteiger partial charge on any atom is -0.477 e. The molecule has 0 aromatic carbocycles. The van der Waals surface area contributed by atoms with Crippen molar-refractivity contribution in [1.82, 2.24) is 4.98 Å². The van der Waals surface area contributed by atoms with Gasteiger partial charge in [-0.15, -0.1) is 0 Å². The fraction of sp³-hybridized carbons (Fsp3) is 0.100. The summed E-state index contributed by atoms with van der Waals surface area (Å²) in [6.07, 6.45) is 4.30. The molecular weight excluding hydrogens is 182 g/mol. The predicted molar refractivity (Wildman–Crippen MR) is 50.9 cm³/mol. The van der Waals surface area contributed by atoms with Crippen LogP contribution in [0, 0.1) is 0 Å². The highest BCUT2D eigenvalue weighted by Gasteiger charge is 2.02. The number of carboxylic acid groups (broad SMARTS) is 1. The van der Waals surface area contributed by atoms with Crippen LogP contribution < -0.4 is 0 Å². The molecule has 14 heavy (non-hydrogen) atoms. The topological polar surface area (TPSA) is 67.3 Å². The molecule has 0 saturated carbocycles. The molecule has 0 aliphatic carbocycles. The van der Waals surface area contributed by atoms with Crippen LogP contribution >= 0.6 is 0 Å². The number of nitrogens with zero attached hydrogens (tertiary/aromatic N) is 1. The lowest BCUT2D eigenvalue weighted by molar-refractivity contribution is -0.107. The summed E-state index contributed by atoms with van der Waals surface area (Å²) in [4.78, 5) is 24.4. The van der Waals surface area contributed by atoms with Gasteiger partial charge < -0.3 is 9.90 Å². The first-order valence-electron chi connectivity index (χ1n) is 4.04. The monoisotopic (exact) mass is 191 g/mol. The van der Waals surface area contributed by atoms with Gasteiger partial charge in [0.25, 0.3) is 0 Å². The highest BCUT2D eigenvalue weighted by Crippen LogP contribution is 2.01. The summed E-state index contributed by atoms with van der Waals surface area (Å²) in [6.45, 7) is 0. The predicted octanol–water partition coefficient (Wildman–Crippen LogP) is 1.38. The molecule has 72 valence electrons.